The van der Waals surface area contributed by atoms with Crippen molar-refractivity contribution in [3.05, 3.63) is 71.9 Å². The highest BCUT2D eigenvalue weighted by molar-refractivity contribution is 5.99. The minimum Gasteiger partial charge on any atom is -0.497 e. The minimum absolute atomic E-state index is 0.200. The van der Waals surface area contributed by atoms with Gasteiger partial charge in [-0.1, -0.05) is 18.2 Å². The molecule has 1 amide bonds. The van der Waals surface area contributed by atoms with Gasteiger partial charge in [0.15, 0.2) is 11.5 Å². The van der Waals surface area contributed by atoms with Crippen molar-refractivity contribution < 1.29 is 19.0 Å². The molecule has 31 heavy (non-hydrogen) atoms. The van der Waals surface area contributed by atoms with Gasteiger partial charge >= 0.3 is 0 Å². The fraction of sp³-hybridized carbons (Fsp3) is 0.167. The maximum atomic E-state index is 12.9. The lowest BCUT2D eigenvalue weighted by molar-refractivity contribution is 0.0951. The maximum absolute atomic E-state index is 12.9. The van der Waals surface area contributed by atoms with Gasteiger partial charge in [-0.25, -0.2) is 0 Å². The van der Waals surface area contributed by atoms with Crippen LogP contribution in [0.25, 0.3) is 22.0 Å². The number of hydrogen-bond acceptors (Lipinski definition) is 5. The zero-order valence-corrected chi connectivity index (χ0v) is 17.0. The first-order chi connectivity index (χ1) is 15.2. The number of methoxy groups -OCH3 is 1. The van der Waals surface area contributed by atoms with Crippen LogP contribution in [-0.4, -0.2) is 36.4 Å². The number of H-pyrrole nitrogens is 1. The van der Waals surface area contributed by atoms with Gasteiger partial charge in [0, 0.05) is 12.1 Å². The highest BCUT2D eigenvalue weighted by atomic mass is 16.6. The first-order valence-corrected chi connectivity index (χ1v) is 9.99. The molecule has 0 bridgehead atoms. The third kappa shape index (κ3) is 3.77. The van der Waals surface area contributed by atoms with Gasteiger partial charge in [-0.2, -0.15) is 5.10 Å². The molecular formula is C24H21N3O4. The van der Waals surface area contributed by atoms with Crippen molar-refractivity contribution in [3.8, 4) is 28.5 Å². The van der Waals surface area contributed by atoms with Gasteiger partial charge in [0.2, 0.25) is 0 Å². The van der Waals surface area contributed by atoms with E-state index in [1.807, 2.05) is 48.5 Å². The Kier molecular flexibility index (Phi) is 4.92. The number of nitrogens with zero attached hydrogens (tertiary/aromatic N) is 1. The zero-order valence-electron chi connectivity index (χ0n) is 17.0. The van der Waals surface area contributed by atoms with Gasteiger partial charge in [0.25, 0.3) is 5.91 Å². The van der Waals surface area contributed by atoms with E-state index in [0.29, 0.717) is 42.5 Å². The van der Waals surface area contributed by atoms with E-state index < -0.39 is 0 Å². The second kappa shape index (κ2) is 8.02. The van der Waals surface area contributed by atoms with Gasteiger partial charge in [0.1, 0.15) is 19.0 Å². The molecule has 2 N–H and O–H groups in total. The minimum atomic E-state index is -0.200. The Morgan fingerprint density at radius 1 is 1.03 bits per heavy atom. The molecule has 3 aromatic carbocycles. The van der Waals surface area contributed by atoms with Crippen LogP contribution in [0.4, 0.5) is 0 Å². The topological polar surface area (TPSA) is 85.5 Å². The summed E-state index contributed by atoms with van der Waals surface area (Å²) in [4.78, 5) is 12.9. The second-order valence-electron chi connectivity index (χ2n) is 7.25. The summed E-state index contributed by atoms with van der Waals surface area (Å²) in [6.45, 7) is 1.45. The van der Waals surface area contributed by atoms with E-state index in [0.717, 1.165) is 27.6 Å². The number of nitrogens with one attached hydrogen (secondary N) is 2. The molecule has 0 aliphatic carbocycles. The first kappa shape index (κ1) is 19.0. The molecule has 5 rings (SSSR count). The molecule has 1 aromatic heterocycles. The maximum Gasteiger partial charge on any atom is 0.255 e. The standard InChI is InChI=1S/C24H21N3O4/c1-29-19-6-4-16-10-15(2-3-17(16)11-19)13-25-24(28)20-14-26-27-23(20)18-5-7-21-22(12-18)31-9-8-30-21/h2-7,10-12,14H,8-9,13H2,1H3,(H,25,28)(H,26,27). The number of amides is 1. The van der Waals surface area contributed by atoms with Crippen molar-refractivity contribution in [2.45, 2.75) is 6.54 Å². The molecule has 0 unspecified atom stereocenters. The molecule has 0 radical (unpaired) electrons. The van der Waals surface area contributed by atoms with Crippen LogP contribution < -0.4 is 19.5 Å². The van der Waals surface area contributed by atoms with E-state index in [4.69, 9.17) is 14.2 Å². The van der Waals surface area contributed by atoms with Crippen LogP contribution in [0.2, 0.25) is 0 Å². The monoisotopic (exact) mass is 415 g/mol. The van der Waals surface area contributed by atoms with E-state index in [1.54, 1.807) is 7.11 Å². The van der Waals surface area contributed by atoms with Gasteiger partial charge in [-0.15, -0.1) is 0 Å². The third-order valence-corrected chi connectivity index (χ3v) is 5.28. The number of hydrogen-bond donors (Lipinski definition) is 2. The van der Waals surface area contributed by atoms with E-state index in [1.165, 1.54) is 6.20 Å². The summed E-state index contributed by atoms with van der Waals surface area (Å²) in [7, 11) is 1.65. The number of benzene rings is 3. The zero-order chi connectivity index (χ0) is 21.2. The molecule has 0 saturated carbocycles. The molecule has 1 aliphatic heterocycles. The van der Waals surface area contributed by atoms with Gasteiger partial charge in [-0.05, 0) is 52.7 Å². The van der Waals surface area contributed by atoms with Crippen molar-refractivity contribution in [1.82, 2.24) is 15.5 Å². The summed E-state index contributed by atoms with van der Waals surface area (Å²) in [5.74, 6) is 1.99. The Morgan fingerprint density at radius 2 is 1.84 bits per heavy atom. The van der Waals surface area contributed by atoms with Crippen LogP contribution in [-0.2, 0) is 6.54 Å². The Morgan fingerprint density at radius 3 is 2.71 bits per heavy atom. The highest BCUT2D eigenvalue weighted by Gasteiger charge is 2.18. The lowest BCUT2D eigenvalue weighted by atomic mass is 10.1. The van der Waals surface area contributed by atoms with Gasteiger partial charge in [0.05, 0.1) is 24.6 Å². The first-order valence-electron chi connectivity index (χ1n) is 9.99. The molecule has 0 atom stereocenters. The average molecular weight is 415 g/mol. The average Bonchev–Trinajstić information content (AvgIpc) is 3.32. The number of ether oxygens (including phenoxy) is 3. The Balaban J connectivity index is 1.33. The van der Waals surface area contributed by atoms with Crippen molar-refractivity contribution >= 4 is 16.7 Å². The van der Waals surface area contributed by atoms with Gasteiger partial charge in [-0.3, -0.25) is 9.89 Å². The molecule has 0 spiro atoms. The quantitative estimate of drug-likeness (QED) is 0.516. The smallest absolute Gasteiger partial charge is 0.255 e. The fourth-order valence-corrected chi connectivity index (χ4v) is 3.67. The van der Waals surface area contributed by atoms with Crippen molar-refractivity contribution in [3.63, 3.8) is 0 Å². The molecular weight excluding hydrogens is 394 g/mol. The van der Waals surface area contributed by atoms with E-state index in [2.05, 4.69) is 21.6 Å². The molecule has 1 aliphatic rings. The number of aromatic nitrogens is 2. The van der Waals surface area contributed by atoms with E-state index in [-0.39, 0.29) is 5.91 Å². The Bertz CT molecular complexity index is 1260. The number of carbonyl (C=O) groups is 1. The van der Waals surface area contributed by atoms with Crippen molar-refractivity contribution in [2.75, 3.05) is 20.3 Å². The van der Waals surface area contributed by atoms with E-state index >= 15 is 0 Å². The molecule has 4 aromatic rings. The molecule has 2 heterocycles. The second-order valence-corrected chi connectivity index (χ2v) is 7.25. The molecule has 0 saturated heterocycles. The predicted octanol–water partition coefficient (Wildman–Crippen LogP) is 3.94. The molecule has 7 heteroatoms. The summed E-state index contributed by atoms with van der Waals surface area (Å²) in [6, 6.07) is 17.6. The Labute approximate surface area is 178 Å². The lowest BCUT2D eigenvalue weighted by Gasteiger charge is -2.18. The fourth-order valence-electron chi connectivity index (χ4n) is 3.67. The van der Waals surface area contributed by atoms with Crippen LogP contribution in [0.1, 0.15) is 15.9 Å². The predicted molar refractivity (Wildman–Crippen MR) is 117 cm³/mol. The molecule has 7 nitrogen and oxygen atoms in total. The summed E-state index contributed by atoms with van der Waals surface area (Å²) >= 11 is 0. The van der Waals surface area contributed by atoms with Crippen molar-refractivity contribution in [2.24, 2.45) is 0 Å². The van der Waals surface area contributed by atoms with Crippen LogP contribution in [0.15, 0.2) is 60.8 Å². The van der Waals surface area contributed by atoms with Crippen molar-refractivity contribution in [1.29, 1.82) is 0 Å². The Hall–Kier alpha value is -4.00. The third-order valence-electron chi connectivity index (χ3n) is 5.28. The van der Waals surface area contributed by atoms with Crippen LogP contribution in [0.5, 0.6) is 17.2 Å². The van der Waals surface area contributed by atoms with E-state index in [9.17, 15) is 4.79 Å². The number of aromatic amines is 1. The van der Waals surface area contributed by atoms with Gasteiger partial charge < -0.3 is 19.5 Å². The summed E-state index contributed by atoms with van der Waals surface area (Å²) in [6.07, 6.45) is 1.54. The summed E-state index contributed by atoms with van der Waals surface area (Å²) in [5, 5.41) is 12.2. The van der Waals surface area contributed by atoms with Crippen LogP contribution in [0, 0.1) is 0 Å². The molecule has 156 valence electrons. The largest absolute Gasteiger partial charge is 0.497 e. The van der Waals surface area contributed by atoms with Crippen LogP contribution >= 0.6 is 0 Å². The van der Waals surface area contributed by atoms with Crippen LogP contribution in [0.3, 0.4) is 0 Å². The SMILES string of the molecule is COc1ccc2cc(CNC(=O)c3cn[nH]c3-c3ccc4c(c3)OCCO4)ccc2c1. The lowest BCUT2D eigenvalue weighted by Crippen LogP contribution is -2.23. The molecule has 0 fully saturated rings. The number of rotatable bonds is 5. The highest BCUT2D eigenvalue weighted by Crippen LogP contribution is 2.34. The summed E-state index contributed by atoms with van der Waals surface area (Å²) < 4.78 is 16.5. The number of fused-ring (bicyclic) bond motifs is 2. The number of carbonyl (C=O) groups excluding carboxylic acids is 1. The normalized spacial score (nSPS) is 12.5. The summed E-state index contributed by atoms with van der Waals surface area (Å²) in [5.41, 5.74) is 2.93.